The standard InChI is InChI=1S/C20H25N3O2/c1-2-17-16-8-7-14(18-12-20(25-22-18)9-10-24-13-20)11-19(16)23(21-17)15-5-3-4-6-15/h7-8,11,15H,2-6,9-10,12-13H2,1H3. The Morgan fingerprint density at radius 2 is 2.16 bits per heavy atom. The molecule has 0 radical (unpaired) electrons. The van der Waals surface area contributed by atoms with Gasteiger partial charge < -0.3 is 9.57 Å². The Hall–Kier alpha value is -1.88. The van der Waals surface area contributed by atoms with Crippen LogP contribution in [0.3, 0.4) is 0 Å². The Bertz CT molecular complexity index is 827. The highest BCUT2D eigenvalue weighted by Crippen LogP contribution is 2.36. The van der Waals surface area contributed by atoms with E-state index in [1.54, 1.807) is 0 Å². The molecule has 1 spiro atoms. The molecule has 2 fully saturated rings. The SMILES string of the molecule is CCc1nn(C2CCCC2)c2cc(C3=NOC4(CCOC4)C3)ccc12. The van der Waals surface area contributed by atoms with Crippen LogP contribution < -0.4 is 0 Å². The number of nitrogens with zero attached hydrogens (tertiary/aromatic N) is 3. The van der Waals surface area contributed by atoms with Crippen LogP contribution in [0.1, 0.15) is 62.7 Å². The van der Waals surface area contributed by atoms with Crippen LogP contribution in [-0.4, -0.2) is 34.3 Å². The van der Waals surface area contributed by atoms with Crippen LogP contribution in [0.5, 0.6) is 0 Å². The summed E-state index contributed by atoms with van der Waals surface area (Å²) in [4.78, 5) is 5.78. The third kappa shape index (κ3) is 2.48. The van der Waals surface area contributed by atoms with Crippen molar-refractivity contribution in [3.63, 3.8) is 0 Å². The van der Waals surface area contributed by atoms with Gasteiger partial charge in [-0.25, -0.2) is 0 Å². The second-order valence-electron chi connectivity index (χ2n) is 7.71. The topological polar surface area (TPSA) is 48.6 Å². The van der Waals surface area contributed by atoms with Crippen LogP contribution in [0.15, 0.2) is 23.4 Å². The van der Waals surface area contributed by atoms with Crippen LogP contribution >= 0.6 is 0 Å². The summed E-state index contributed by atoms with van der Waals surface area (Å²) in [6.45, 7) is 3.62. The molecule has 0 N–H and O–H groups in total. The van der Waals surface area contributed by atoms with Gasteiger partial charge in [0.25, 0.3) is 0 Å². The second kappa shape index (κ2) is 5.84. The van der Waals surface area contributed by atoms with Crippen molar-refractivity contribution >= 4 is 16.6 Å². The second-order valence-corrected chi connectivity index (χ2v) is 7.71. The molecule has 1 atom stereocenters. The van der Waals surface area contributed by atoms with E-state index < -0.39 is 0 Å². The fourth-order valence-corrected chi connectivity index (χ4v) is 4.55. The van der Waals surface area contributed by atoms with Crippen molar-refractivity contribution in [2.45, 2.75) is 63.5 Å². The van der Waals surface area contributed by atoms with E-state index in [1.165, 1.54) is 42.3 Å². The lowest BCUT2D eigenvalue weighted by molar-refractivity contribution is -0.0237. The normalized spacial score (nSPS) is 26.7. The van der Waals surface area contributed by atoms with Crippen molar-refractivity contribution in [3.05, 3.63) is 29.5 Å². The molecule has 1 aromatic carbocycles. The van der Waals surface area contributed by atoms with Gasteiger partial charge in [-0.15, -0.1) is 0 Å². The van der Waals surface area contributed by atoms with Gasteiger partial charge in [-0.3, -0.25) is 4.68 Å². The van der Waals surface area contributed by atoms with Crippen LogP contribution in [0, 0.1) is 0 Å². The number of benzene rings is 1. The molecule has 1 unspecified atom stereocenters. The summed E-state index contributed by atoms with van der Waals surface area (Å²) >= 11 is 0. The monoisotopic (exact) mass is 339 g/mol. The molecule has 5 heteroatoms. The number of hydrogen-bond acceptors (Lipinski definition) is 4. The number of oxime groups is 1. The van der Waals surface area contributed by atoms with Crippen molar-refractivity contribution in [1.29, 1.82) is 0 Å². The minimum atomic E-state index is -0.218. The molecule has 2 aliphatic heterocycles. The van der Waals surface area contributed by atoms with Crippen molar-refractivity contribution in [2.24, 2.45) is 5.16 Å². The van der Waals surface area contributed by atoms with E-state index in [-0.39, 0.29) is 5.60 Å². The Morgan fingerprint density at radius 1 is 1.28 bits per heavy atom. The predicted molar refractivity (Wildman–Crippen MR) is 97.0 cm³/mol. The summed E-state index contributed by atoms with van der Waals surface area (Å²) in [6.07, 6.45) is 7.87. The minimum Gasteiger partial charge on any atom is -0.386 e. The van der Waals surface area contributed by atoms with Gasteiger partial charge in [0, 0.05) is 23.8 Å². The van der Waals surface area contributed by atoms with E-state index in [2.05, 4.69) is 35.0 Å². The molecule has 1 saturated carbocycles. The largest absolute Gasteiger partial charge is 0.386 e. The summed E-state index contributed by atoms with van der Waals surface area (Å²) in [7, 11) is 0. The summed E-state index contributed by atoms with van der Waals surface area (Å²) < 4.78 is 7.82. The first-order valence-corrected chi connectivity index (χ1v) is 9.62. The Kier molecular flexibility index (Phi) is 3.59. The first-order valence-electron chi connectivity index (χ1n) is 9.62. The average molecular weight is 339 g/mol. The van der Waals surface area contributed by atoms with Crippen molar-refractivity contribution < 1.29 is 9.57 Å². The lowest BCUT2D eigenvalue weighted by Crippen LogP contribution is -2.29. The predicted octanol–water partition coefficient (Wildman–Crippen LogP) is 4.00. The van der Waals surface area contributed by atoms with Crippen LogP contribution in [0.4, 0.5) is 0 Å². The first kappa shape index (κ1) is 15.4. The van der Waals surface area contributed by atoms with Crippen molar-refractivity contribution in [3.8, 4) is 0 Å². The number of aryl methyl sites for hydroxylation is 1. The molecule has 1 saturated heterocycles. The number of rotatable bonds is 3. The van der Waals surface area contributed by atoms with E-state index in [0.29, 0.717) is 12.6 Å². The molecule has 5 rings (SSSR count). The van der Waals surface area contributed by atoms with Crippen molar-refractivity contribution in [1.82, 2.24) is 9.78 Å². The lowest BCUT2D eigenvalue weighted by atomic mass is 9.93. The maximum absolute atomic E-state index is 5.78. The summed E-state index contributed by atoms with van der Waals surface area (Å²) in [5.74, 6) is 0. The molecule has 25 heavy (non-hydrogen) atoms. The highest BCUT2D eigenvalue weighted by Gasteiger charge is 2.43. The molecule has 1 aromatic heterocycles. The average Bonchev–Trinajstić information content (AvgIpc) is 3.43. The molecule has 2 aromatic rings. The summed E-state index contributed by atoms with van der Waals surface area (Å²) in [5.41, 5.74) is 4.46. The zero-order valence-corrected chi connectivity index (χ0v) is 14.8. The zero-order chi connectivity index (χ0) is 16.9. The molecular formula is C20H25N3O2. The lowest BCUT2D eigenvalue weighted by Gasteiger charge is -2.17. The molecule has 0 bridgehead atoms. The highest BCUT2D eigenvalue weighted by molar-refractivity contribution is 6.04. The summed E-state index contributed by atoms with van der Waals surface area (Å²) in [6, 6.07) is 7.23. The zero-order valence-electron chi connectivity index (χ0n) is 14.8. The van der Waals surface area contributed by atoms with Gasteiger partial charge in [0.05, 0.1) is 36.2 Å². The molecule has 5 nitrogen and oxygen atoms in total. The highest BCUT2D eigenvalue weighted by atomic mass is 16.7. The maximum Gasteiger partial charge on any atom is 0.168 e. The van der Waals surface area contributed by atoms with Gasteiger partial charge in [0.15, 0.2) is 5.60 Å². The van der Waals surface area contributed by atoms with Gasteiger partial charge in [-0.05, 0) is 25.3 Å². The van der Waals surface area contributed by atoms with E-state index in [9.17, 15) is 0 Å². The Labute approximate surface area is 148 Å². The quantitative estimate of drug-likeness (QED) is 0.849. The molecule has 3 aliphatic rings. The summed E-state index contributed by atoms with van der Waals surface area (Å²) in [5, 5.41) is 10.7. The van der Waals surface area contributed by atoms with E-state index in [4.69, 9.17) is 14.7 Å². The van der Waals surface area contributed by atoms with Gasteiger partial charge in [0.2, 0.25) is 0 Å². The third-order valence-electron chi connectivity index (χ3n) is 6.03. The molecule has 132 valence electrons. The fraction of sp³-hybridized carbons (Fsp3) is 0.600. The van der Waals surface area contributed by atoms with Crippen molar-refractivity contribution in [2.75, 3.05) is 13.2 Å². The first-order chi connectivity index (χ1) is 12.3. The van der Waals surface area contributed by atoms with E-state index >= 15 is 0 Å². The van der Waals surface area contributed by atoms with Gasteiger partial charge in [-0.2, -0.15) is 5.10 Å². The number of fused-ring (bicyclic) bond motifs is 1. The number of aromatic nitrogens is 2. The molecule has 1 aliphatic carbocycles. The number of hydrogen-bond donors (Lipinski definition) is 0. The minimum absolute atomic E-state index is 0.218. The van der Waals surface area contributed by atoms with Gasteiger partial charge >= 0.3 is 0 Å². The number of ether oxygens (including phenoxy) is 1. The maximum atomic E-state index is 5.78. The Morgan fingerprint density at radius 3 is 2.92 bits per heavy atom. The van der Waals surface area contributed by atoms with Crippen LogP contribution in [0.25, 0.3) is 10.9 Å². The molecular weight excluding hydrogens is 314 g/mol. The van der Waals surface area contributed by atoms with Crippen LogP contribution in [-0.2, 0) is 16.0 Å². The van der Waals surface area contributed by atoms with E-state index in [0.717, 1.165) is 37.1 Å². The molecule has 3 heterocycles. The fourth-order valence-electron chi connectivity index (χ4n) is 4.55. The Balaban J connectivity index is 1.53. The van der Waals surface area contributed by atoms with Gasteiger partial charge in [-0.1, -0.05) is 37.1 Å². The smallest absolute Gasteiger partial charge is 0.168 e. The van der Waals surface area contributed by atoms with E-state index in [1.807, 2.05) is 0 Å². The van der Waals surface area contributed by atoms with Gasteiger partial charge in [0.1, 0.15) is 0 Å². The third-order valence-corrected chi connectivity index (χ3v) is 6.03. The molecule has 0 amide bonds. The van der Waals surface area contributed by atoms with Crippen LogP contribution in [0.2, 0.25) is 0 Å².